The molecule has 8 nitrogen and oxygen atoms in total. The highest BCUT2D eigenvalue weighted by Gasteiger charge is 2.17. The molecule has 3 heterocycles. The van der Waals surface area contributed by atoms with Crippen LogP contribution in [0.5, 0.6) is 5.88 Å². The Morgan fingerprint density at radius 2 is 2.10 bits per heavy atom. The van der Waals surface area contributed by atoms with Crippen LogP contribution in [0.25, 0.3) is 11.3 Å². The molecule has 0 aliphatic carbocycles. The first-order chi connectivity index (χ1) is 14.9. The minimum atomic E-state index is -0.431. The van der Waals surface area contributed by atoms with Crippen LogP contribution in [0, 0.1) is 6.92 Å². The zero-order valence-electron chi connectivity index (χ0n) is 17.8. The lowest BCUT2D eigenvalue weighted by Crippen LogP contribution is -2.27. The Kier molecular flexibility index (Phi) is 5.81. The Morgan fingerprint density at radius 1 is 1.26 bits per heavy atom. The number of nitrogen functional groups attached to an aromatic ring is 1. The molecule has 1 amide bonds. The van der Waals surface area contributed by atoms with Crippen molar-refractivity contribution in [2.24, 2.45) is 5.73 Å². The number of nitrogens with two attached hydrogens (primary N) is 2. The molecule has 4 rings (SSSR count). The average Bonchev–Trinajstić information content (AvgIpc) is 2.72. The predicted molar refractivity (Wildman–Crippen MR) is 118 cm³/mol. The summed E-state index contributed by atoms with van der Waals surface area (Å²) in [6.45, 7) is 4.36. The number of pyridine rings is 1. The van der Waals surface area contributed by atoms with Crippen LogP contribution in [0.3, 0.4) is 0 Å². The summed E-state index contributed by atoms with van der Waals surface area (Å²) in [4.78, 5) is 26.5. The van der Waals surface area contributed by atoms with Crippen LogP contribution in [0.15, 0.2) is 36.7 Å². The number of benzene rings is 1. The molecule has 0 bridgehead atoms. The Bertz CT molecular complexity index is 1130. The van der Waals surface area contributed by atoms with E-state index in [1.165, 1.54) is 16.7 Å². The van der Waals surface area contributed by atoms with E-state index in [1.807, 2.05) is 0 Å². The molecule has 0 saturated carbocycles. The summed E-state index contributed by atoms with van der Waals surface area (Å²) >= 11 is 0. The molecule has 1 aliphatic rings. The third-order valence-corrected chi connectivity index (χ3v) is 5.42. The van der Waals surface area contributed by atoms with Gasteiger partial charge in [-0.05, 0) is 66.9 Å². The summed E-state index contributed by atoms with van der Waals surface area (Å²) in [5.74, 6) is 0.0720. The van der Waals surface area contributed by atoms with Crippen LogP contribution in [-0.2, 0) is 30.8 Å². The number of anilines is 1. The molecule has 0 radical (unpaired) electrons. The maximum atomic E-state index is 11.1. The van der Waals surface area contributed by atoms with E-state index >= 15 is 0 Å². The predicted octanol–water partition coefficient (Wildman–Crippen LogP) is 2.02. The van der Waals surface area contributed by atoms with Crippen molar-refractivity contribution in [1.82, 2.24) is 19.9 Å². The van der Waals surface area contributed by atoms with Gasteiger partial charge >= 0.3 is 0 Å². The zero-order chi connectivity index (χ0) is 22.0. The van der Waals surface area contributed by atoms with Crippen LogP contribution < -0.4 is 16.2 Å². The van der Waals surface area contributed by atoms with Gasteiger partial charge in [-0.1, -0.05) is 0 Å². The fraction of sp³-hybridized carbons (Fsp3) is 0.304. The van der Waals surface area contributed by atoms with Crippen molar-refractivity contribution in [1.29, 1.82) is 0 Å². The largest absolute Gasteiger partial charge is 0.470 e. The number of fused-ring (bicyclic) bond motifs is 1. The van der Waals surface area contributed by atoms with Gasteiger partial charge in [0, 0.05) is 24.8 Å². The first-order valence-electron chi connectivity index (χ1n) is 10.2. The number of rotatable bonds is 6. The van der Waals surface area contributed by atoms with Crippen LogP contribution in [-0.4, -0.2) is 39.4 Å². The Labute approximate surface area is 181 Å². The molecule has 31 heavy (non-hydrogen) atoms. The average molecular weight is 419 g/mol. The van der Waals surface area contributed by atoms with Crippen LogP contribution in [0.2, 0.25) is 0 Å². The molecular formula is C23H26N6O2. The lowest BCUT2D eigenvalue weighted by molar-refractivity contribution is -0.117. The van der Waals surface area contributed by atoms with Gasteiger partial charge < -0.3 is 21.1 Å². The maximum Gasteiger partial charge on any atom is 0.258 e. The number of aromatic nitrogens is 3. The molecule has 0 saturated heterocycles. The molecule has 2 aromatic heterocycles. The molecule has 1 aliphatic heterocycles. The Morgan fingerprint density at radius 3 is 2.90 bits per heavy atom. The fourth-order valence-electron chi connectivity index (χ4n) is 3.88. The van der Waals surface area contributed by atoms with Crippen molar-refractivity contribution in [2.45, 2.75) is 32.9 Å². The van der Waals surface area contributed by atoms with E-state index in [2.05, 4.69) is 46.0 Å². The van der Waals surface area contributed by atoms with Crippen LogP contribution >= 0.6 is 0 Å². The van der Waals surface area contributed by atoms with E-state index in [-0.39, 0.29) is 24.7 Å². The summed E-state index contributed by atoms with van der Waals surface area (Å²) in [6.07, 6.45) is 4.43. The number of carbonyl (C=O) groups is 1. The molecule has 0 atom stereocenters. The molecule has 0 fully saturated rings. The standard InChI is InChI=1S/C23H26N6O2/c1-14-7-16(9-17-12-29(2)6-4-19(14)17)20-11-27-22(25)23(28-20)31-13-15-3-5-26-18(8-15)10-21(24)30/h3,5,7-9,11H,4,6,10,12-13H2,1-2H3,(H2,24,30)(H2,25,27). The lowest BCUT2D eigenvalue weighted by atomic mass is 9.92. The van der Waals surface area contributed by atoms with Gasteiger partial charge in [-0.15, -0.1) is 0 Å². The summed E-state index contributed by atoms with van der Waals surface area (Å²) in [5, 5.41) is 0. The van der Waals surface area contributed by atoms with Gasteiger partial charge in [-0.25, -0.2) is 9.97 Å². The van der Waals surface area contributed by atoms with Crippen molar-refractivity contribution < 1.29 is 9.53 Å². The minimum absolute atomic E-state index is 0.0815. The molecule has 0 spiro atoms. The quantitative estimate of drug-likeness (QED) is 0.628. The number of primary amides is 1. The van der Waals surface area contributed by atoms with Crippen molar-refractivity contribution in [2.75, 3.05) is 19.3 Å². The smallest absolute Gasteiger partial charge is 0.258 e. The number of nitrogens with zero attached hydrogens (tertiary/aromatic N) is 4. The maximum absolute atomic E-state index is 11.1. The summed E-state index contributed by atoms with van der Waals surface area (Å²) in [6, 6.07) is 7.91. The second-order valence-corrected chi connectivity index (χ2v) is 7.95. The molecule has 8 heteroatoms. The Hall–Kier alpha value is -3.52. The van der Waals surface area contributed by atoms with E-state index in [0.717, 1.165) is 30.6 Å². The van der Waals surface area contributed by atoms with Crippen molar-refractivity contribution in [3.63, 3.8) is 0 Å². The number of hydrogen-bond acceptors (Lipinski definition) is 7. The van der Waals surface area contributed by atoms with E-state index in [0.29, 0.717) is 11.4 Å². The highest BCUT2D eigenvalue weighted by atomic mass is 16.5. The van der Waals surface area contributed by atoms with Crippen molar-refractivity contribution >= 4 is 11.7 Å². The van der Waals surface area contributed by atoms with E-state index in [9.17, 15) is 4.79 Å². The van der Waals surface area contributed by atoms with Gasteiger partial charge in [-0.3, -0.25) is 9.78 Å². The molecule has 0 unspecified atom stereocenters. The number of amides is 1. The zero-order valence-corrected chi connectivity index (χ0v) is 17.8. The highest BCUT2D eigenvalue weighted by Crippen LogP contribution is 2.29. The normalized spacial score (nSPS) is 13.6. The number of ether oxygens (including phenoxy) is 1. The van der Waals surface area contributed by atoms with Gasteiger partial charge in [-0.2, -0.15) is 0 Å². The highest BCUT2D eigenvalue weighted by molar-refractivity contribution is 5.76. The van der Waals surface area contributed by atoms with Crippen LogP contribution in [0.1, 0.15) is 27.9 Å². The third-order valence-electron chi connectivity index (χ3n) is 5.42. The van der Waals surface area contributed by atoms with Crippen molar-refractivity contribution in [3.05, 3.63) is 64.6 Å². The SMILES string of the molecule is Cc1cc(-c2cnc(N)c(OCc3ccnc(CC(N)=O)c3)n2)cc2c1CCN(C)C2. The van der Waals surface area contributed by atoms with Gasteiger partial charge in [0.05, 0.1) is 24.0 Å². The Balaban J connectivity index is 1.56. The number of likely N-dealkylation sites (N-methyl/N-ethyl adjacent to an activating group) is 1. The monoisotopic (exact) mass is 418 g/mol. The molecule has 4 N–H and O–H groups in total. The molecule has 1 aromatic carbocycles. The minimum Gasteiger partial charge on any atom is -0.470 e. The summed E-state index contributed by atoms with van der Waals surface area (Å²) in [5.41, 5.74) is 18.4. The first-order valence-corrected chi connectivity index (χ1v) is 10.2. The summed E-state index contributed by atoms with van der Waals surface area (Å²) in [7, 11) is 2.13. The molecule has 160 valence electrons. The second-order valence-electron chi connectivity index (χ2n) is 7.95. The lowest BCUT2D eigenvalue weighted by Gasteiger charge is -2.27. The van der Waals surface area contributed by atoms with Gasteiger partial charge in [0.25, 0.3) is 5.88 Å². The molecule has 3 aromatic rings. The van der Waals surface area contributed by atoms with Crippen LogP contribution in [0.4, 0.5) is 5.82 Å². The number of hydrogen-bond donors (Lipinski definition) is 2. The van der Waals surface area contributed by atoms with Gasteiger partial charge in [0.2, 0.25) is 5.91 Å². The first kappa shape index (κ1) is 20.7. The third kappa shape index (κ3) is 4.80. The molecular weight excluding hydrogens is 392 g/mol. The van der Waals surface area contributed by atoms with Crippen molar-refractivity contribution in [3.8, 4) is 17.1 Å². The topological polar surface area (TPSA) is 120 Å². The fourth-order valence-corrected chi connectivity index (χ4v) is 3.88. The second kappa shape index (κ2) is 8.69. The van der Waals surface area contributed by atoms with E-state index < -0.39 is 5.91 Å². The van der Waals surface area contributed by atoms with E-state index in [1.54, 1.807) is 24.5 Å². The van der Waals surface area contributed by atoms with Gasteiger partial charge in [0.1, 0.15) is 6.61 Å². The number of aryl methyl sites for hydroxylation is 1. The van der Waals surface area contributed by atoms with Gasteiger partial charge in [0.15, 0.2) is 5.82 Å². The summed E-state index contributed by atoms with van der Waals surface area (Å²) < 4.78 is 5.85. The number of carbonyl (C=O) groups excluding carboxylic acids is 1. The van der Waals surface area contributed by atoms with E-state index in [4.69, 9.17) is 16.2 Å².